The Balaban J connectivity index is 2.40. The van der Waals surface area contributed by atoms with Gasteiger partial charge in [0, 0.05) is 6.61 Å². The molecule has 0 amide bonds. The predicted octanol–water partition coefficient (Wildman–Crippen LogP) is 2.66. The van der Waals surface area contributed by atoms with E-state index in [-0.39, 0.29) is 12.1 Å². The summed E-state index contributed by atoms with van der Waals surface area (Å²) in [6, 6.07) is 8.98. The Hall–Kier alpha value is -1.35. The van der Waals surface area contributed by atoms with E-state index in [0.29, 0.717) is 18.8 Å². The second-order valence-corrected chi connectivity index (χ2v) is 3.45. The summed E-state index contributed by atoms with van der Waals surface area (Å²) in [5, 5.41) is 0. The van der Waals surface area contributed by atoms with Gasteiger partial charge in [-0.3, -0.25) is 0 Å². The third-order valence-corrected chi connectivity index (χ3v) is 2.27. The lowest BCUT2D eigenvalue weighted by Gasteiger charge is -2.14. The molecule has 88 valence electrons. The van der Waals surface area contributed by atoms with E-state index in [9.17, 15) is 4.79 Å². The van der Waals surface area contributed by atoms with Crippen molar-refractivity contribution in [1.82, 2.24) is 0 Å². The van der Waals surface area contributed by atoms with E-state index in [1.807, 2.05) is 32.0 Å². The van der Waals surface area contributed by atoms with Gasteiger partial charge < -0.3 is 9.47 Å². The molecule has 1 unspecified atom stereocenters. The normalized spacial score (nSPS) is 12.1. The van der Waals surface area contributed by atoms with Crippen molar-refractivity contribution in [3.63, 3.8) is 0 Å². The minimum absolute atomic E-state index is 0.00216. The smallest absolute Gasteiger partial charge is 0.338 e. The van der Waals surface area contributed by atoms with Crippen LogP contribution in [0.2, 0.25) is 0 Å². The lowest BCUT2D eigenvalue weighted by molar-refractivity contribution is -0.00528. The molecule has 0 aliphatic rings. The van der Waals surface area contributed by atoms with Crippen molar-refractivity contribution in [3.8, 4) is 0 Å². The Morgan fingerprint density at radius 1 is 1.25 bits per heavy atom. The summed E-state index contributed by atoms with van der Waals surface area (Å²) in [6.07, 6.45) is 0.841. The van der Waals surface area contributed by atoms with Gasteiger partial charge in [-0.2, -0.15) is 0 Å². The molecule has 0 saturated carbocycles. The van der Waals surface area contributed by atoms with Crippen molar-refractivity contribution >= 4 is 5.97 Å². The summed E-state index contributed by atoms with van der Waals surface area (Å²) in [6.45, 7) is 4.90. The van der Waals surface area contributed by atoms with Gasteiger partial charge in [-0.25, -0.2) is 4.79 Å². The molecule has 16 heavy (non-hydrogen) atoms. The average molecular weight is 222 g/mol. The third kappa shape index (κ3) is 4.03. The van der Waals surface area contributed by atoms with Crippen LogP contribution in [0.5, 0.6) is 0 Å². The Bertz CT molecular complexity index is 308. The number of ether oxygens (including phenoxy) is 2. The van der Waals surface area contributed by atoms with Gasteiger partial charge in [-0.05, 0) is 25.5 Å². The molecule has 0 saturated heterocycles. The summed E-state index contributed by atoms with van der Waals surface area (Å²) < 4.78 is 10.6. The standard InChI is InChI=1S/C13H18O3/c1-3-12(15-4-2)10-16-13(14)11-8-6-5-7-9-11/h5-9,12H,3-4,10H2,1-2H3. The monoisotopic (exact) mass is 222 g/mol. The van der Waals surface area contributed by atoms with Crippen LogP contribution in [0.25, 0.3) is 0 Å². The van der Waals surface area contributed by atoms with Gasteiger partial charge in [0.25, 0.3) is 0 Å². The minimum Gasteiger partial charge on any atom is -0.459 e. The Labute approximate surface area is 96.4 Å². The Kier molecular flexibility index (Phi) is 5.57. The first-order valence-electron chi connectivity index (χ1n) is 5.61. The molecular weight excluding hydrogens is 204 g/mol. The molecule has 0 N–H and O–H groups in total. The molecule has 0 aliphatic carbocycles. The largest absolute Gasteiger partial charge is 0.459 e. The number of rotatable bonds is 6. The van der Waals surface area contributed by atoms with Gasteiger partial charge in [0.1, 0.15) is 6.61 Å². The highest BCUT2D eigenvalue weighted by atomic mass is 16.6. The molecule has 0 radical (unpaired) electrons. The van der Waals surface area contributed by atoms with Crippen LogP contribution in [0.3, 0.4) is 0 Å². The van der Waals surface area contributed by atoms with Crippen molar-refractivity contribution in [1.29, 1.82) is 0 Å². The van der Waals surface area contributed by atoms with E-state index in [2.05, 4.69) is 0 Å². The topological polar surface area (TPSA) is 35.5 Å². The number of hydrogen-bond acceptors (Lipinski definition) is 3. The zero-order chi connectivity index (χ0) is 11.8. The molecule has 1 rings (SSSR count). The van der Waals surface area contributed by atoms with Crippen LogP contribution < -0.4 is 0 Å². The number of hydrogen-bond donors (Lipinski definition) is 0. The zero-order valence-electron chi connectivity index (χ0n) is 9.81. The first-order chi connectivity index (χ1) is 7.77. The summed E-state index contributed by atoms with van der Waals surface area (Å²) in [5.41, 5.74) is 0.578. The van der Waals surface area contributed by atoms with Gasteiger partial charge in [-0.15, -0.1) is 0 Å². The summed E-state index contributed by atoms with van der Waals surface area (Å²) in [7, 11) is 0. The molecule has 3 nitrogen and oxygen atoms in total. The third-order valence-electron chi connectivity index (χ3n) is 2.27. The molecule has 0 aromatic heterocycles. The van der Waals surface area contributed by atoms with Crippen LogP contribution in [-0.2, 0) is 9.47 Å². The van der Waals surface area contributed by atoms with Gasteiger partial charge in [0.05, 0.1) is 11.7 Å². The van der Waals surface area contributed by atoms with Crippen LogP contribution in [0, 0.1) is 0 Å². The second-order valence-electron chi connectivity index (χ2n) is 3.45. The van der Waals surface area contributed by atoms with Gasteiger partial charge in [-0.1, -0.05) is 25.1 Å². The average Bonchev–Trinajstić information content (AvgIpc) is 2.35. The maximum atomic E-state index is 11.6. The molecule has 1 aromatic carbocycles. The molecule has 0 fully saturated rings. The van der Waals surface area contributed by atoms with Crippen LogP contribution in [0.4, 0.5) is 0 Å². The highest BCUT2D eigenvalue weighted by Gasteiger charge is 2.11. The minimum atomic E-state index is -0.293. The van der Waals surface area contributed by atoms with E-state index in [1.54, 1.807) is 12.1 Å². The maximum Gasteiger partial charge on any atom is 0.338 e. The van der Waals surface area contributed by atoms with Gasteiger partial charge in [0.2, 0.25) is 0 Å². The van der Waals surface area contributed by atoms with Crippen LogP contribution in [0.1, 0.15) is 30.6 Å². The first kappa shape index (κ1) is 12.7. The SMILES string of the molecule is CCOC(CC)COC(=O)c1ccccc1. The predicted molar refractivity (Wildman–Crippen MR) is 62.4 cm³/mol. The fourth-order valence-electron chi connectivity index (χ4n) is 1.35. The molecular formula is C13H18O3. The van der Waals surface area contributed by atoms with E-state index in [4.69, 9.17) is 9.47 Å². The summed E-state index contributed by atoms with van der Waals surface area (Å²) >= 11 is 0. The van der Waals surface area contributed by atoms with Crippen molar-refractivity contribution in [3.05, 3.63) is 35.9 Å². The molecule has 0 aliphatic heterocycles. The lowest BCUT2D eigenvalue weighted by atomic mass is 10.2. The van der Waals surface area contributed by atoms with E-state index in [1.165, 1.54) is 0 Å². The van der Waals surface area contributed by atoms with Crippen molar-refractivity contribution in [2.24, 2.45) is 0 Å². The quantitative estimate of drug-likeness (QED) is 0.694. The van der Waals surface area contributed by atoms with Crippen LogP contribution in [0.15, 0.2) is 30.3 Å². The second kappa shape index (κ2) is 7.01. The van der Waals surface area contributed by atoms with Crippen molar-refractivity contribution < 1.29 is 14.3 Å². The molecule has 0 bridgehead atoms. The van der Waals surface area contributed by atoms with Crippen LogP contribution in [-0.4, -0.2) is 25.3 Å². The van der Waals surface area contributed by atoms with Gasteiger partial charge >= 0.3 is 5.97 Å². The highest BCUT2D eigenvalue weighted by molar-refractivity contribution is 5.89. The summed E-state index contributed by atoms with van der Waals surface area (Å²) in [5.74, 6) is -0.293. The molecule has 0 spiro atoms. The van der Waals surface area contributed by atoms with Gasteiger partial charge in [0.15, 0.2) is 0 Å². The highest BCUT2D eigenvalue weighted by Crippen LogP contribution is 2.04. The Morgan fingerprint density at radius 2 is 1.94 bits per heavy atom. The fraction of sp³-hybridized carbons (Fsp3) is 0.462. The summed E-state index contributed by atoms with van der Waals surface area (Å²) in [4.78, 5) is 11.6. The number of carbonyl (C=O) groups excluding carboxylic acids is 1. The Morgan fingerprint density at radius 3 is 2.50 bits per heavy atom. The molecule has 3 heteroatoms. The van der Waals surface area contributed by atoms with Crippen molar-refractivity contribution in [2.75, 3.05) is 13.2 Å². The molecule has 1 aromatic rings. The van der Waals surface area contributed by atoms with Crippen molar-refractivity contribution in [2.45, 2.75) is 26.4 Å². The molecule has 1 atom stereocenters. The van der Waals surface area contributed by atoms with Crippen LogP contribution >= 0.6 is 0 Å². The number of esters is 1. The number of benzene rings is 1. The lowest BCUT2D eigenvalue weighted by Crippen LogP contribution is -2.21. The first-order valence-corrected chi connectivity index (χ1v) is 5.61. The fourth-order valence-corrected chi connectivity index (χ4v) is 1.35. The van der Waals surface area contributed by atoms with E-state index >= 15 is 0 Å². The van der Waals surface area contributed by atoms with E-state index < -0.39 is 0 Å². The molecule has 0 heterocycles. The number of carbonyl (C=O) groups is 1. The zero-order valence-corrected chi connectivity index (χ0v) is 9.81. The van der Waals surface area contributed by atoms with E-state index in [0.717, 1.165) is 6.42 Å². The maximum absolute atomic E-state index is 11.6.